The Morgan fingerprint density at radius 1 is 1.53 bits per heavy atom. The maximum atomic E-state index is 12.3. The summed E-state index contributed by atoms with van der Waals surface area (Å²) < 4.78 is 26.0. The number of nitrogens with one attached hydrogen (secondary N) is 1. The SMILES string of the molecule is C[C@@H]1CNCCN1S(=O)(=O)c1cccnc1.Cl. The van der Waals surface area contributed by atoms with Gasteiger partial charge in [-0.05, 0) is 19.1 Å². The highest BCUT2D eigenvalue weighted by molar-refractivity contribution is 7.89. The van der Waals surface area contributed by atoms with Crippen LogP contribution in [0.5, 0.6) is 0 Å². The summed E-state index contributed by atoms with van der Waals surface area (Å²) in [7, 11) is -3.38. The van der Waals surface area contributed by atoms with Crippen molar-refractivity contribution in [3.8, 4) is 0 Å². The van der Waals surface area contributed by atoms with Crippen molar-refractivity contribution in [3.05, 3.63) is 24.5 Å². The predicted molar refractivity (Wildman–Crippen MR) is 67.7 cm³/mol. The lowest BCUT2D eigenvalue weighted by atomic mass is 10.3. The monoisotopic (exact) mass is 277 g/mol. The minimum absolute atomic E-state index is 0. The fourth-order valence-electron chi connectivity index (χ4n) is 1.81. The molecule has 5 nitrogen and oxygen atoms in total. The fraction of sp³-hybridized carbons (Fsp3) is 0.500. The van der Waals surface area contributed by atoms with Crippen molar-refractivity contribution in [1.29, 1.82) is 0 Å². The number of hydrogen-bond acceptors (Lipinski definition) is 4. The van der Waals surface area contributed by atoms with Gasteiger partial charge in [0.1, 0.15) is 4.90 Å². The molecule has 0 amide bonds. The molecule has 0 bridgehead atoms. The Kier molecular flexibility index (Phi) is 4.88. The van der Waals surface area contributed by atoms with Gasteiger partial charge in [0.25, 0.3) is 0 Å². The van der Waals surface area contributed by atoms with Crippen LogP contribution in [0.3, 0.4) is 0 Å². The molecule has 1 N–H and O–H groups in total. The maximum absolute atomic E-state index is 12.3. The van der Waals surface area contributed by atoms with Gasteiger partial charge >= 0.3 is 0 Å². The number of aromatic nitrogens is 1. The molecular formula is C10H16ClN3O2S. The molecule has 7 heteroatoms. The number of sulfonamides is 1. The molecule has 0 spiro atoms. The number of nitrogens with zero attached hydrogens (tertiary/aromatic N) is 2. The van der Waals surface area contributed by atoms with E-state index in [0.717, 1.165) is 0 Å². The quantitative estimate of drug-likeness (QED) is 0.854. The fourth-order valence-corrected chi connectivity index (χ4v) is 3.41. The Balaban J connectivity index is 0.00000144. The molecule has 1 aromatic heterocycles. The summed E-state index contributed by atoms with van der Waals surface area (Å²) in [6.45, 7) is 3.81. The second-order valence-electron chi connectivity index (χ2n) is 3.86. The molecule has 96 valence electrons. The normalized spacial score (nSPS) is 21.8. The first-order valence-electron chi connectivity index (χ1n) is 5.25. The third-order valence-electron chi connectivity index (χ3n) is 2.68. The van der Waals surface area contributed by atoms with Gasteiger partial charge in [0, 0.05) is 38.1 Å². The third kappa shape index (κ3) is 2.95. The Bertz CT molecular complexity index is 452. The second kappa shape index (κ2) is 5.77. The van der Waals surface area contributed by atoms with Crippen LogP contribution in [0, 0.1) is 0 Å². The highest BCUT2D eigenvalue weighted by Crippen LogP contribution is 2.17. The van der Waals surface area contributed by atoms with E-state index in [1.165, 1.54) is 10.5 Å². The smallest absolute Gasteiger partial charge is 0.244 e. The van der Waals surface area contributed by atoms with Gasteiger partial charge in [-0.1, -0.05) is 0 Å². The average molecular weight is 278 g/mol. The highest BCUT2D eigenvalue weighted by atomic mass is 35.5. The summed E-state index contributed by atoms with van der Waals surface area (Å²) in [5.41, 5.74) is 0. The van der Waals surface area contributed by atoms with Crippen LogP contribution >= 0.6 is 12.4 Å². The first-order valence-corrected chi connectivity index (χ1v) is 6.69. The zero-order valence-electron chi connectivity index (χ0n) is 9.54. The molecule has 2 heterocycles. The molecule has 1 aromatic rings. The van der Waals surface area contributed by atoms with E-state index < -0.39 is 10.0 Å². The van der Waals surface area contributed by atoms with Crippen molar-refractivity contribution in [2.75, 3.05) is 19.6 Å². The number of piperazine rings is 1. The zero-order valence-corrected chi connectivity index (χ0v) is 11.2. The van der Waals surface area contributed by atoms with E-state index in [0.29, 0.717) is 19.6 Å². The van der Waals surface area contributed by atoms with Gasteiger partial charge in [-0.25, -0.2) is 8.42 Å². The molecule has 1 atom stereocenters. The van der Waals surface area contributed by atoms with Gasteiger partial charge in [-0.15, -0.1) is 12.4 Å². The van der Waals surface area contributed by atoms with Crippen molar-refractivity contribution in [1.82, 2.24) is 14.6 Å². The summed E-state index contributed by atoms with van der Waals surface area (Å²) in [5, 5.41) is 3.17. The maximum Gasteiger partial charge on any atom is 0.244 e. The van der Waals surface area contributed by atoms with Crippen LogP contribution in [0.4, 0.5) is 0 Å². The van der Waals surface area contributed by atoms with Gasteiger partial charge in [0.15, 0.2) is 0 Å². The lowest BCUT2D eigenvalue weighted by molar-refractivity contribution is 0.284. The van der Waals surface area contributed by atoms with Crippen LogP contribution in [0.1, 0.15) is 6.92 Å². The Labute approximate surface area is 108 Å². The molecule has 1 aliphatic rings. The van der Waals surface area contributed by atoms with Gasteiger partial charge in [0.05, 0.1) is 0 Å². The van der Waals surface area contributed by atoms with Gasteiger partial charge in [-0.2, -0.15) is 4.31 Å². The molecule has 1 fully saturated rings. The number of pyridine rings is 1. The molecule has 0 unspecified atom stereocenters. The predicted octanol–water partition coefficient (Wildman–Crippen LogP) is 0.486. The molecule has 0 saturated carbocycles. The largest absolute Gasteiger partial charge is 0.314 e. The molecule has 0 aliphatic carbocycles. The average Bonchev–Trinajstić information content (AvgIpc) is 2.30. The van der Waals surface area contributed by atoms with Crippen molar-refractivity contribution in [3.63, 3.8) is 0 Å². The zero-order chi connectivity index (χ0) is 11.6. The Morgan fingerprint density at radius 2 is 2.29 bits per heavy atom. The van der Waals surface area contributed by atoms with E-state index in [9.17, 15) is 8.42 Å². The Hall–Kier alpha value is -0.690. The molecular weight excluding hydrogens is 262 g/mol. The second-order valence-corrected chi connectivity index (χ2v) is 5.75. The first kappa shape index (κ1) is 14.4. The Morgan fingerprint density at radius 3 is 2.88 bits per heavy atom. The van der Waals surface area contributed by atoms with Crippen LogP contribution in [0.2, 0.25) is 0 Å². The van der Waals surface area contributed by atoms with Crippen LogP contribution < -0.4 is 5.32 Å². The van der Waals surface area contributed by atoms with E-state index in [1.54, 1.807) is 18.3 Å². The summed E-state index contributed by atoms with van der Waals surface area (Å²) in [5.74, 6) is 0. The molecule has 2 rings (SSSR count). The lowest BCUT2D eigenvalue weighted by Crippen LogP contribution is -2.52. The van der Waals surface area contributed by atoms with E-state index in [-0.39, 0.29) is 23.3 Å². The molecule has 1 saturated heterocycles. The first-order chi connectivity index (χ1) is 7.62. The highest BCUT2D eigenvalue weighted by Gasteiger charge is 2.30. The van der Waals surface area contributed by atoms with E-state index >= 15 is 0 Å². The van der Waals surface area contributed by atoms with Crippen molar-refractivity contribution < 1.29 is 8.42 Å². The number of hydrogen-bond donors (Lipinski definition) is 1. The standard InChI is InChI=1S/C10H15N3O2S.ClH/c1-9-7-12-5-6-13(9)16(14,15)10-3-2-4-11-8-10;/h2-4,8-9,12H,5-7H2,1H3;1H/t9-;/m1./s1. The van der Waals surface area contributed by atoms with Crippen LogP contribution in [-0.4, -0.2) is 43.4 Å². The number of rotatable bonds is 2. The van der Waals surface area contributed by atoms with Crippen LogP contribution in [0.25, 0.3) is 0 Å². The third-order valence-corrected chi connectivity index (χ3v) is 4.68. The lowest BCUT2D eigenvalue weighted by Gasteiger charge is -2.32. The van der Waals surface area contributed by atoms with Crippen LogP contribution in [0.15, 0.2) is 29.4 Å². The molecule has 0 aromatic carbocycles. The van der Waals surface area contributed by atoms with Gasteiger partial charge in [-0.3, -0.25) is 4.98 Å². The van der Waals surface area contributed by atoms with Crippen molar-refractivity contribution in [2.45, 2.75) is 17.9 Å². The van der Waals surface area contributed by atoms with Gasteiger partial charge < -0.3 is 5.32 Å². The summed E-state index contributed by atoms with van der Waals surface area (Å²) >= 11 is 0. The molecule has 0 radical (unpaired) electrons. The number of halogens is 1. The summed E-state index contributed by atoms with van der Waals surface area (Å²) in [6, 6.07) is 3.20. The van der Waals surface area contributed by atoms with Crippen molar-refractivity contribution in [2.24, 2.45) is 0 Å². The summed E-state index contributed by atoms with van der Waals surface area (Å²) in [6.07, 6.45) is 2.96. The minimum Gasteiger partial charge on any atom is -0.314 e. The topological polar surface area (TPSA) is 62.3 Å². The molecule has 1 aliphatic heterocycles. The summed E-state index contributed by atoms with van der Waals surface area (Å²) in [4.78, 5) is 4.12. The van der Waals surface area contributed by atoms with Crippen LogP contribution in [-0.2, 0) is 10.0 Å². The van der Waals surface area contributed by atoms with E-state index in [4.69, 9.17) is 0 Å². The van der Waals surface area contributed by atoms with E-state index in [2.05, 4.69) is 10.3 Å². The minimum atomic E-state index is -3.38. The van der Waals surface area contributed by atoms with Gasteiger partial charge in [0.2, 0.25) is 10.0 Å². The van der Waals surface area contributed by atoms with E-state index in [1.807, 2.05) is 6.92 Å². The van der Waals surface area contributed by atoms with Crippen molar-refractivity contribution >= 4 is 22.4 Å². The molecule has 17 heavy (non-hydrogen) atoms.